The van der Waals surface area contributed by atoms with E-state index >= 15 is 0 Å². The van der Waals surface area contributed by atoms with E-state index in [-0.39, 0.29) is 10.6 Å². The molecule has 0 aliphatic rings. The molecule has 0 spiro atoms. The fourth-order valence-electron chi connectivity index (χ4n) is 1.78. The molecule has 0 aromatic heterocycles. The maximum atomic E-state index is 11.9. The van der Waals surface area contributed by atoms with Crippen LogP contribution in [0.4, 0.5) is 5.69 Å². The van der Waals surface area contributed by atoms with Crippen LogP contribution >= 0.6 is 0 Å². The van der Waals surface area contributed by atoms with Gasteiger partial charge in [0.25, 0.3) is 11.6 Å². The maximum absolute atomic E-state index is 11.9. The molecule has 0 aliphatic carbocycles. The SMILES string of the molecule is O=C(CNS(=O)(=O)c1ccccc1)N/N=C\c1cccc([N+](=O)[O-])c1. The second kappa shape index (κ2) is 8.13. The zero-order valence-electron chi connectivity index (χ0n) is 12.8. The number of nitrogens with one attached hydrogen (secondary N) is 2. The third-order valence-electron chi connectivity index (χ3n) is 2.96. The number of nitro benzene ring substituents is 1. The average molecular weight is 362 g/mol. The third-order valence-corrected chi connectivity index (χ3v) is 4.38. The minimum Gasteiger partial charge on any atom is -0.272 e. The van der Waals surface area contributed by atoms with E-state index in [1.165, 1.54) is 36.5 Å². The minimum atomic E-state index is -3.79. The Labute approximate surface area is 143 Å². The van der Waals surface area contributed by atoms with E-state index in [9.17, 15) is 23.3 Å². The van der Waals surface area contributed by atoms with Gasteiger partial charge in [0.15, 0.2) is 0 Å². The van der Waals surface area contributed by atoms with Gasteiger partial charge in [-0.2, -0.15) is 5.10 Å². The van der Waals surface area contributed by atoms with Crippen molar-refractivity contribution >= 4 is 27.8 Å². The minimum absolute atomic E-state index is 0.0443. The van der Waals surface area contributed by atoms with Gasteiger partial charge in [-0.05, 0) is 12.1 Å². The van der Waals surface area contributed by atoms with Crippen molar-refractivity contribution in [3.8, 4) is 0 Å². The van der Waals surface area contributed by atoms with E-state index in [1.807, 2.05) is 0 Å². The van der Waals surface area contributed by atoms with Gasteiger partial charge in [0, 0.05) is 17.7 Å². The standard InChI is InChI=1S/C15H14N4O5S/c20-15(11-17-25(23,24)14-7-2-1-3-8-14)18-16-10-12-5-4-6-13(9-12)19(21)22/h1-10,17H,11H2,(H,18,20)/b16-10-. The molecular weight excluding hydrogens is 348 g/mol. The first-order chi connectivity index (χ1) is 11.9. The number of hydrogen-bond acceptors (Lipinski definition) is 6. The number of carbonyl (C=O) groups excluding carboxylic acids is 1. The Morgan fingerprint density at radius 3 is 2.56 bits per heavy atom. The van der Waals surface area contributed by atoms with Crippen LogP contribution in [0.15, 0.2) is 64.6 Å². The Morgan fingerprint density at radius 2 is 1.88 bits per heavy atom. The summed E-state index contributed by atoms with van der Waals surface area (Å²) in [4.78, 5) is 21.8. The first kappa shape index (κ1) is 18.2. The molecule has 0 unspecified atom stereocenters. The molecule has 2 aromatic rings. The highest BCUT2D eigenvalue weighted by Crippen LogP contribution is 2.11. The Bertz CT molecular complexity index is 897. The van der Waals surface area contributed by atoms with Crippen LogP contribution in [0.25, 0.3) is 0 Å². The highest BCUT2D eigenvalue weighted by atomic mass is 32.2. The lowest BCUT2D eigenvalue weighted by Gasteiger charge is -2.05. The molecular formula is C15H14N4O5S. The lowest BCUT2D eigenvalue weighted by molar-refractivity contribution is -0.384. The molecule has 0 saturated heterocycles. The van der Waals surface area contributed by atoms with Crippen molar-refractivity contribution in [2.24, 2.45) is 5.10 Å². The monoisotopic (exact) mass is 362 g/mol. The lowest BCUT2D eigenvalue weighted by atomic mass is 10.2. The fraction of sp³-hybridized carbons (Fsp3) is 0.0667. The maximum Gasteiger partial charge on any atom is 0.270 e. The molecule has 1 amide bonds. The van der Waals surface area contributed by atoms with Gasteiger partial charge in [-0.25, -0.2) is 18.6 Å². The number of benzene rings is 2. The summed E-state index contributed by atoms with van der Waals surface area (Å²) in [6.45, 7) is -0.497. The molecule has 2 aromatic carbocycles. The second-order valence-corrected chi connectivity index (χ2v) is 6.55. The molecule has 0 heterocycles. The van der Waals surface area contributed by atoms with E-state index in [2.05, 4.69) is 15.2 Å². The topological polar surface area (TPSA) is 131 Å². The Morgan fingerprint density at radius 1 is 1.16 bits per heavy atom. The zero-order chi connectivity index (χ0) is 18.3. The first-order valence-corrected chi connectivity index (χ1v) is 8.48. The van der Waals surface area contributed by atoms with E-state index in [4.69, 9.17) is 0 Å². The van der Waals surface area contributed by atoms with Crippen molar-refractivity contribution in [3.05, 3.63) is 70.3 Å². The van der Waals surface area contributed by atoms with Crippen molar-refractivity contribution in [1.29, 1.82) is 0 Å². The molecule has 0 aliphatic heterocycles. The van der Waals surface area contributed by atoms with Gasteiger partial charge < -0.3 is 0 Å². The molecule has 9 nitrogen and oxygen atoms in total. The van der Waals surface area contributed by atoms with Gasteiger partial charge >= 0.3 is 0 Å². The number of nitrogens with zero attached hydrogens (tertiary/aromatic N) is 2. The Hall–Kier alpha value is -3.11. The fourth-order valence-corrected chi connectivity index (χ4v) is 2.78. The molecule has 10 heteroatoms. The lowest BCUT2D eigenvalue weighted by Crippen LogP contribution is -2.34. The zero-order valence-corrected chi connectivity index (χ0v) is 13.6. The van der Waals surface area contributed by atoms with Crippen molar-refractivity contribution in [2.75, 3.05) is 6.54 Å². The largest absolute Gasteiger partial charge is 0.272 e. The number of amides is 1. The van der Waals surface area contributed by atoms with Crippen LogP contribution in [-0.2, 0) is 14.8 Å². The average Bonchev–Trinajstić information content (AvgIpc) is 2.61. The van der Waals surface area contributed by atoms with Crippen LogP contribution in [0.3, 0.4) is 0 Å². The summed E-state index contributed by atoms with van der Waals surface area (Å²) < 4.78 is 26.0. The van der Waals surface area contributed by atoms with Gasteiger partial charge in [0.2, 0.25) is 10.0 Å². The molecule has 25 heavy (non-hydrogen) atoms. The van der Waals surface area contributed by atoms with Crippen molar-refractivity contribution in [2.45, 2.75) is 4.90 Å². The normalized spacial score (nSPS) is 11.4. The molecule has 0 saturated carbocycles. The number of rotatable bonds is 7. The van der Waals surface area contributed by atoms with Crippen LogP contribution in [-0.4, -0.2) is 32.0 Å². The number of sulfonamides is 1. The quantitative estimate of drug-likeness (QED) is 0.431. The summed E-state index contributed by atoms with van der Waals surface area (Å²) in [5, 5.41) is 14.3. The summed E-state index contributed by atoms with van der Waals surface area (Å²) >= 11 is 0. The Kier molecular flexibility index (Phi) is 5.93. The summed E-state index contributed by atoms with van der Waals surface area (Å²) in [7, 11) is -3.79. The van der Waals surface area contributed by atoms with Gasteiger partial charge in [-0.1, -0.05) is 30.3 Å². The van der Waals surface area contributed by atoms with Crippen LogP contribution < -0.4 is 10.1 Å². The second-order valence-electron chi connectivity index (χ2n) is 4.78. The van der Waals surface area contributed by atoms with Gasteiger partial charge in [0.1, 0.15) is 0 Å². The van der Waals surface area contributed by atoms with Crippen molar-refractivity contribution < 1.29 is 18.1 Å². The van der Waals surface area contributed by atoms with E-state index in [0.29, 0.717) is 5.56 Å². The number of hydrazone groups is 1. The molecule has 2 N–H and O–H groups in total. The first-order valence-electron chi connectivity index (χ1n) is 6.99. The molecule has 0 bridgehead atoms. The number of hydrogen-bond donors (Lipinski definition) is 2. The number of carbonyl (C=O) groups is 1. The summed E-state index contributed by atoms with van der Waals surface area (Å²) in [6, 6.07) is 13.3. The van der Waals surface area contributed by atoms with Crippen molar-refractivity contribution in [1.82, 2.24) is 10.1 Å². The molecule has 0 fully saturated rings. The number of non-ortho nitro benzene ring substituents is 1. The molecule has 0 radical (unpaired) electrons. The summed E-state index contributed by atoms with van der Waals surface area (Å²) in [5.74, 6) is -0.679. The van der Waals surface area contributed by atoms with Crippen LogP contribution in [0.2, 0.25) is 0 Å². The summed E-state index contributed by atoms with van der Waals surface area (Å²) in [5.41, 5.74) is 2.45. The van der Waals surface area contributed by atoms with Crippen LogP contribution in [0, 0.1) is 10.1 Å². The predicted molar refractivity (Wildman–Crippen MR) is 90.5 cm³/mol. The Balaban J connectivity index is 1.89. The van der Waals surface area contributed by atoms with Gasteiger partial charge in [-0.3, -0.25) is 14.9 Å². The highest BCUT2D eigenvalue weighted by Gasteiger charge is 2.14. The smallest absolute Gasteiger partial charge is 0.270 e. The van der Waals surface area contributed by atoms with Gasteiger partial charge in [0.05, 0.1) is 22.6 Å². The molecule has 0 atom stereocenters. The third kappa shape index (κ3) is 5.48. The van der Waals surface area contributed by atoms with E-state index in [1.54, 1.807) is 24.3 Å². The van der Waals surface area contributed by atoms with Crippen LogP contribution in [0.5, 0.6) is 0 Å². The molecule has 130 valence electrons. The summed E-state index contributed by atoms with van der Waals surface area (Å²) in [6.07, 6.45) is 1.22. The van der Waals surface area contributed by atoms with E-state index in [0.717, 1.165) is 0 Å². The van der Waals surface area contributed by atoms with E-state index < -0.39 is 27.4 Å². The number of nitro groups is 1. The molecule has 2 rings (SSSR count). The predicted octanol–water partition coefficient (Wildman–Crippen LogP) is 1.02. The van der Waals surface area contributed by atoms with Crippen LogP contribution in [0.1, 0.15) is 5.56 Å². The van der Waals surface area contributed by atoms with Crippen molar-refractivity contribution in [3.63, 3.8) is 0 Å². The van der Waals surface area contributed by atoms with Gasteiger partial charge in [-0.15, -0.1) is 0 Å². The highest BCUT2D eigenvalue weighted by molar-refractivity contribution is 7.89.